The quantitative estimate of drug-likeness (QED) is 0.318. The first kappa shape index (κ1) is 6.88. The number of nitrogens with two attached hydrogens (primary N) is 1. The van der Waals surface area contributed by atoms with Gasteiger partial charge in [-0.2, -0.15) is 0 Å². The maximum atomic E-state index is 8.68. The summed E-state index contributed by atoms with van der Waals surface area (Å²) in [6.07, 6.45) is -0.370. The molecule has 0 aromatic rings. The Bertz CT molecular complexity index is 47.0. The summed E-state index contributed by atoms with van der Waals surface area (Å²) in [6, 6.07) is -0.0139. The van der Waals surface area contributed by atoms with Gasteiger partial charge in [-0.3, -0.25) is 11.3 Å². The standard InChI is InChI=1S/C4H12N2O/c1-3(6-5)4(2)7/h3-4,6-7H,5H2,1-2H3/t3-,4-/m0/s1. The molecule has 4 N–H and O–H groups in total. The van der Waals surface area contributed by atoms with Crippen molar-refractivity contribution in [1.82, 2.24) is 5.43 Å². The fourth-order valence-electron chi connectivity index (χ4n) is 0.139. The van der Waals surface area contributed by atoms with Crippen LogP contribution in [0.3, 0.4) is 0 Å². The van der Waals surface area contributed by atoms with Gasteiger partial charge in [0.15, 0.2) is 0 Å². The molecule has 2 atom stereocenters. The van der Waals surface area contributed by atoms with E-state index in [2.05, 4.69) is 5.43 Å². The molecule has 7 heavy (non-hydrogen) atoms. The van der Waals surface area contributed by atoms with Crippen LogP contribution in [0.1, 0.15) is 13.8 Å². The Morgan fingerprint density at radius 1 is 1.57 bits per heavy atom. The summed E-state index contributed by atoms with van der Waals surface area (Å²) >= 11 is 0. The fourth-order valence-corrected chi connectivity index (χ4v) is 0.139. The fraction of sp³-hybridized carbons (Fsp3) is 1.00. The third kappa shape index (κ3) is 2.56. The molecule has 0 unspecified atom stereocenters. The number of hydrogen-bond acceptors (Lipinski definition) is 3. The third-order valence-electron chi connectivity index (χ3n) is 0.986. The van der Waals surface area contributed by atoms with E-state index in [9.17, 15) is 0 Å². The minimum atomic E-state index is -0.370. The molecule has 0 radical (unpaired) electrons. The van der Waals surface area contributed by atoms with Crippen molar-refractivity contribution in [2.75, 3.05) is 0 Å². The van der Waals surface area contributed by atoms with Crippen LogP contribution in [-0.2, 0) is 0 Å². The number of nitrogens with one attached hydrogen (secondary N) is 1. The molecule has 0 aromatic heterocycles. The molecule has 3 heteroatoms. The smallest absolute Gasteiger partial charge is 0.0675 e. The highest BCUT2D eigenvalue weighted by atomic mass is 16.3. The predicted molar refractivity (Wildman–Crippen MR) is 28.5 cm³/mol. The van der Waals surface area contributed by atoms with Crippen molar-refractivity contribution in [3.05, 3.63) is 0 Å². The van der Waals surface area contributed by atoms with E-state index in [0.717, 1.165) is 0 Å². The summed E-state index contributed by atoms with van der Waals surface area (Å²) < 4.78 is 0. The average molecular weight is 104 g/mol. The average Bonchev–Trinajstić information content (AvgIpc) is 1.65. The molecule has 44 valence electrons. The van der Waals surface area contributed by atoms with E-state index >= 15 is 0 Å². The molecule has 0 heterocycles. The molecule has 0 amide bonds. The number of hydrogen-bond donors (Lipinski definition) is 3. The van der Waals surface area contributed by atoms with E-state index in [1.165, 1.54) is 0 Å². The van der Waals surface area contributed by atoms with Gasteiger partial charge in [0, 0.05) is 6.04 Å². The molecule has 0 aliphatic carbocycles. The predicted octanol–water partition coefficient (Wildman–Crippen LogP) is -0.781. The van der Waals surface area contributed by atoms with E-state index in [1.54, 1.807) is 6.92 Å². The van der Waals surface area contributed by atoms with Crippen LogP contribution >= 0.6 is 0 Å². The SMILES string of the molecule is C[C@H](O)[C@H](C)NN. The van der Waals surface area contributed by atoms with Crippen LogP contribution < -0.4 is 11.3 Å². The highest BCUT2D eigenvalue weighted by Crippen LogP contribution is 1.85. The van der Waals surface area contributed by atoms with Gasteiger partial charge in [-0.05, 0) is 13.8 Å². The summed E-state index contributed by atoms with van der Waals surface area (Å²) in [4.78, 5) is 0. The van der Waals surface area contributed by atoms with Gasteiger partial charge in [0.1, 0.15) is 0 Å². The van der Waals surface area contributed by atoms with Gasteiger partial charge in [-0.1, -0.05) is 0 Å². The first-order valence-electron chi connectivity index (χ1n) is 2.32. The van der Waals surface area contributed by atoms with Crippen LogP contribution in [0, 0.1) is 0 Å². The van der Waals surface area contributed by atoms with Gasteiger partial charge in [0.2, 0.25) is 0 Å². The van der Waals surface area contributed by atoms with E-state index in [0.29, 0.717) is 0 Å². The second kappa shape index (κ2) is 2.96. The van der Waals surface area contributed by atoms with Crippen LogP contribution in [0.4, 0.5) is 0 Å². The van der Waals surface area contributed by atoms with Crippen molar-refractivity contribution in [2.45, 2.75) is 26.0 Å². The van der Waals surface area contributed by atoms with Crippen molar-refractivity contribution in [3.63, 3.8) is 0 Å². The van der Waals surface area contributed by atoms with Gasteiger partial charge in [-0.15, -0.1) is 0 Å². The molecule has 0 rings (SSSR count). The van der Waals surface area contributed by atoms with Crippen molar-refractivity contribution in [2.24, 2.45) is 5.84 Å². The summed E-state index contributed by atoms with van der Waals surface area (Å²) in [6.45, 7) is 3.50. The lowest BCUT2D eigenvalue weighted by molar-refractivity contribution is 0.153. The summed E-state index contributed by atoms with van der Waals surface area (Å²) in [7, 11) is 0. The zero-order valence-electron chi connectivity index (χ0n) is 4.68. The van der Waals surface area contributed by atoms with Crippen LogP contribution in [0.2, 0.25) is 0 Å². The zero-order chi connectivity index (χ0) is 5.86. The van der Waals surface area contributed by atoms with Crippen LogP contribution in [0.15, 0.2) is 0 Å². The molecule has 0 aromatic carbocycles. The second-order valence-electron chi connectivity index (χ2n) is 1.70. The Hall–Kier alpha value is -0.120. The highest BCUT2D eigenvalue weighted by molar-refractivity contribution is 4.60. The molecule has 0 aliphatic heterocycles. The summed E-state index contributed by atoms with van der Waals surface area (Å²) in [5, 5.41) is 8.68. The molecule has 0 spiro atoms. The Balaban J connectivity index is 3.14. The molecular formula is C4H12N2O. The van der Waals surface area contributed by atoms with Crippen LogP contribution in [0.5, 0.6) is 0 Å². The molecule has 0 saturated heterocycles. The summed E-state index contributed by atoms with van der Waals surface area (Å²) in [5.74, 6) is 4.96. The van der Waals surface area contributed by atoms with E-state index < -0.39 is 0 Å². The minimum absolute atomic E-state index is 0.0139. The van der Waals surface area contributed by atoms with Crippen LogP contribution in [0.25, 0.3) is 0 Å². The maximum absolute atomic E-state index is 8.68. The minimum Gasteiger partial charge on any atom is -0.392 e. The van der Waals surface area contributed by atoms with E-state index in [4.69, 9.17) is 10.9 Å². The van der Waals surface area contributed by atoms with Gasteiger partial charge >= 0.3 is 0 Å². The molecule has 0 aliphatic rings. The molecule has 0 saturated carbocycles. The Morgan fingerprint density at radius 3 is 2.00 bits per heavy atom. The lowest BCUT2D eigenvalue weighted by Gasteiger charge is -2.11. The van der Waals surface area contributed by atoms with Gasteiger partial charge in [0.25, 0.3) is 0 Å². The first-order valence-corrected chi connectivity index (χ1v) is 2.32. The van der Waals surface area contributed by atoms with Crippen LogP contribution in [-0.4, -0.2) is 17.3 Å². The molecular weight excluding hydrogens is 92.1 g/mol. The second-order valence-corrected chi connectivity index (χ2v) is 1.70. The zero-order valence-corrected chi connectivity index (χ0v) is 4.68. The lowest BCUT2D eigenvalue weighted by atomic mass is 10.2. The van der Waals surface area contributed by atoms with E-state index in [-0.39, 0.29) is 12.1 Å². The lowest BCUT2D eigenvalue weighted by Crippen LogP contribution is -2.40. The monoisotopic (exact) mass is 104 g/mol. The molecule has 3 nitrogen and oxygen atoms in total. The maximum Gasteiger partial charge on any atom is 0.0675 e. The first-order chi connectivity index (χ1) is 3.18. The Labute approximate surface area is 43.5 Å². The number of hydrazine groups is 1. The van der Waals surface area contributed by atoms with Gasteiger partial charge < -0.3 is 5.11 Å². The molecule has 0 bridgehead atoms. The van der Waals surface area contributed by atoms with Crippen molar-refractivity contribution in [3.8, 4) is 0 Å². The van der Waals surface area contributed by atoms with Crippen molar-refractivity contribution < 1.29 is 5.11 Å². The van der Waals surface area contributed by atoms with Crippen molar-refractivity contribution in [1.29, 1.82) is 0 Å². The topological polar surface area (TPSA) is 58.3 Å². The Kier molecular flexibility index (Phi) is 2.91. The van der Waals surface area contributed by atoms with Gasteiger partial charge in [0.05, 0.1) is 6.10 Å². The number of aliphatic hydroxyl groups excluding tert-OH is 1. The third-order valence-corrected chi connectivity index (χ3v) is 0.986. The summed E-state index contributed by atoms with van der Waals surface area (Å²) in [5.41, 5.74) is 2.41. The number of aliphatic hydroxyl groups is 1. The molecule has 0 fully saturated rings. The largest absolute Gasteiger partial charge is 0.392 e. The normalized spacial score (nSPS) is 18.9. The van der Waals surface area contributed by atoms with Crippen molar-refractivity contribution >= 4 is 0 Å². The highest BCUT2D eigenvalue weighted by Gasteiger charge is 2.02. The van der Waals surface area contributed by atoms with Gasteiger partial charge in [-0.25, -0.2) is 0 Å². The Morgan fingerprint density at radius 2 is 2.00 bits per heavy atom. The number of rotatable bonds is 2. The van der Waals surface area contributed by atoms with E-state index in [1.807, 2.05) is 6.92 Å².